The molecule has 0 fully saturated rings. The van der Waals surface area contributed by atoms with Gasteiger partial charge in [0.25, 0.3) is 0 Å². The van der Waals surface area contributed by atoms with Crippen LogP contribution in [0.25, 0.3) is 0 Å². The number of methoxy groups -OCH3 is 1. The highest BCUT2D eigenvalue weighted by atomic mass is 19.4. The lowest BCUT2D eigenvalue weighted by atomic mass is 9.86. The molecule has 0 aliphatic rings. The van der Waals surface area contributed by atoms with Gasteiger partial charge in [0, 0.05) is 0 Å². The summed E-state index contributed by atoms with van der Waals surface area (Å²) < 4.78 is 104. The van der Waals surface area contributed by atoms with E-state index in [4.69, 9.17) is 18.9 Å². The Hall–Kier alpha value is -5.83. The first-order chi connectivity index (χ1) is 25.6. The van der Waals surface area contributed by atoms with Gasteiger partial charge in [0.1, 0.15) is 18.9 Å². The number of hydrogen-bond acceptors (Lipinski definition) is 7. The summed E-state index contributed by atoms with van der Waals surface area (Å²) in [6.45, 7) is 0.358. The monoisotopic (exact) mass is 758 g/mol. The van der Waals surface area contributed by atoms with Crippen LogP contribution in [0.3, 0.4) is 0 Å². The van der Waals surface area contributed by atoms with Gasteiger partial charge in [-0.2, -0.15) is 26.3 Å². The summed E-state index contributed by atoms with van der Waals surface area (Å²) in [7, 11) is 1.06. The molecule has 15 heteroatoms. The summed E-state index contributed by atoms with van der Waals surface area (Å²) in [5, 5.41) is 5.04. The topological polar surface area (TPSA) is 112 Å². The lowest BCUT2D eigenvalue weighted by Crippen LogP contribution is -2.49. The molecule has 0 saturated carbocycles. The standard InChI is InChI=1S/C39H36F6N2O7/c1-26(29-20-31(38(40,41)42)22-32(21-29)39(43,44)45)54-25-37(30-16-10-5-11-17-30,47-36(50)53-24-28-14-8-4-9-15-28)19-18-33(34(48)51-2)46-35(49)52-23-27-12-6-3-7-13-27/h3-18,20-22,26H,19,23-25H2,1-2H3,(H,46,49)(H,47,50)/b33-18-/t26-,37-/m1/s1. The van der Waals surface area contributed by atoms with Gasteiger partial charge < -0.3 is 24.3 Å². The zero-order valence-corrected chi connectivity index (χ0v) is 29.0. The number of rotatable bonds is 14. The minimum atomic E-state index is -5.10. The number of benzene rings is 4. The molecule has 0 aliphatic heterocycles. The van der Waals surface area contributed by atoms with Crippen molar-refractivity contribution in [2.75, 3.05) is 13.7 Å². The van der Waals surface area contributed by atoms with E-state index < -0.39 is 71.1 Å². The number of amides is 2. The van der Waals surface area contributed by atoms with E-state index >= 15 is 0 Å². The number of alkyl carbamates (subject to hydrolysis) is 2. The van der Waals surface area contributed by atoms with E-state index in [-0.39, 0.29) is 25.7 Å². The smallest absolute Gasteiger partial charge is 0.416 e. The third-order valence-electron chi connectivity index (χ3n) is 8.05. The maximum absolute atomic E-state index is 13.7. The Morgan fingerprint density at radius 2 is 1.17 bits per heavy atom. The Morgan fingerprint density at radius 3 is 1.65 bits per heavy atom. The van der Waals surface area contributed by atoms with E-state index in [9.17, 15) is 40.7 Å². The molecule has 286 valence electrons. The molecular formula is C39H36F6N2O7. The summed E-state index contributed by atoms with van der Waals surface area (Å²) in [6.07, 6.45) is -12.7. The second-order valence-electron chi connectivity index (χ2n) is 11.9. The molecule has 0 aliphatic carbocycles. The molecule has 0 unspecified atom stereocenters. The molecule has 4 aromatic carbocycles. The molecule has 4 aromatic rings. The van der Waals surface area contributed by atoms with Gasteiger partial charge in [-0.25, -0.2) is 14.4 Å². The summed E-state index contributed by atoms with van der Waals surface area (Å²) in [5.41, 5.74) is -4.00. The van der Waals surface area contributed by atoms with Crippen LogP contribution in [0.1, 0.15) is 52.8 Å². The molecule has 0 saturated heterocycles. The highest BCUT2D eigenvalue weighted by molar-refractivity contribution is 5.92. The second kappa shape index (κ2) is 18.3. The van der Waals surface area contributed by atoms with Crippen molar-refractivity contribution in [3.63, 3.8) is 0 Å². The first kappa shape index (κ1) is 40.9. The van der Waals surface area contributed by atoms with Crippen LogP contribution in [-0.2, 0) is 54.8 Å². The minimum Gasteiger partial charge on any atom is -0.464 e. The van der Waals surface area contributed by atoms with Crippen LogP contribution in [0.4, 0.5) is 35.9 Å². The zero-order valence-electron chi connectivity index (χ0n) is 29.0. The molecule has 54 heavy (non-hydrogen) atoms. The minimum absolute atomic E-state index is 0.00573. The van der Waals surface area contributed by atoms with E-state index in [0.29, 0.717) is 28.8 Å². The van der Waals surface area contributed by atoms with Crippen molar-refractivity contribution >= 4 is 18.2 Å². The van der Waals surface area contributed by atoms with E-state index in [2.05, 4.69) is 10.6 Å². The number of carbonyl (C=O) groups is 3. The summed E-state index contributed by atoms with van der Waals surface area (Å²) in [5.74, 6) is -1.00. The molecule has 2 amide bonds. The predicted molar refractivity (Wildman–Crippen MR) is 183 cm³/mol. The van der Waals surface area contributed by atoms with Crippen LogP contribution in [0.2, 0.25) is 0 Å². The van der Waals surface area contributed by atoms with Crippen LogP contribution >= 0.6 is 0 Å². The van der Waals surface area contributed by atoms with Crippen molar-refractivity contribution in [3.8, 4) is 0 Å². The number of alkyl halides is 6. The molecule has 0 spiro atoms. The van der Waals surface area contributed by atoms with Crippen molar-refractivity contribution in [2.45, 2.75) is 50.6 Å². The van der Waals surface area contributed by atoms with Gasteiger partial charge in [-0.15, -0.1) is 0 Å². The maximum atomic E-state index is 13.7. The number of esters is 1. The lowest BCUT2D eigenvalue weighted by molar-refractivity contribution is -0.143. The van der Waals surface area contributed by atoms with E-state index in [1.807, 2.05) is 0 Å². The van der Waals surface area contributed by atoms with Crippen molar-refractivity contribution in [1.82, 2.24) is 10.6 Å². The summed E-state index contributed by atoms with van der Waals surface area (Å²) in [6, 6.07) is 26.4. The molecule has 4 rings (SSSR count). The van der Waals surface area contributed by atoms with E-state index in [1.165, 1.54) is 13.0 Å². The van der Waals surface area contributed by atoms with E-state index in [1.54, 1.807) is 91.0 Å². The quantitative estimate of drug-likeness (QED) is 0.0572. The van der Waals surface area contributed by atoms with Gasteiger partial charge in [0.15, 0.2) is 0 Å². The highest BCUT2D eigenvalue weighted by Crippen LogP contribution is 2.38. The molecule has 2 atom stereocenters. The largest absolute Gasteiger partial charge is 0.464 e. The Labute approximate surface area is 306 Å². The normalized spacial score (nSPS) is 13.6. The first-order valence-corrected chi connectivity index (χ1v) is 16.3. The number of hydrogen-bond donors (Lipinski definition) is 2. The molecule has 0 bridgehead atoms. The number of halogens is 6. The fourth-order valence-corrected chi connectivity index (χ4v) is 5.15. The van der Waals surface area contributed by atoms with Crippen LogP contribution in [0, 0.1) is 0 Å². The fourth-order valence-electron chi connectivity index (χ4n) is 5.15. The van der Waals surface area contributed by atoms with Gasteiger partial charge >= 0.3 is 30.5 Å². The van der Waals surface area contributed by atoms with Crippen LogP contribution < -0.4 is 10.6 Å². The Balaban J connectivity index is 1.71. The average Bonchev–Trinajstić information content (AvgIpc) is 3.16. The zero-order chi connectivity index (χ0) is 39.4. The average molecular weight is 759 g/mol. The van der Waals surface area contributed by atoms with Crippen molar-refractivity contribution in [1.29, 1.82) is 0 Å². The van der Waals surface area contributed by atoms with Crippen molar-refractivity contribution < 1.29 is 59.7 Å². The van der Waals surface area contributed by atoms with Gasteiger partial charge in [-0.3, -0.25) is 5.32 Å². The van der Waals surface area contributed by atoms with Crippen LogP contribution in [-0.4, -0.2) is 31.9 Å². The number of ether oxygens (including phenoxy) is 4. The van der Waals surface area contributed by atoms with Crippen LogP contribution in [0.15, 0.2) is 121 Å². The van der Waals surface area contributed by atoms with Crippen molar-refractivity contribution in [3.05, 3.63) is 154 Å². The Morgan fingerprint density at radius 1 is 0.685 bits per heavy atom. The molecular weight excluding hydrogens is 722 g/mol. The molecule has 0 heterocycles. The number of nitrogens with one attached hydrogen (secondary N) is 2. The predicted octanol–water partition coefficient (Wildman–Crippen LogP) is 9.00. The SMILES string of the molecule is COC(=O)/C(=C/C[C@](CO[C@H](C)c1cc(C(F)(F)F)cc(C(F)(F)F)c1)(NC(=O)OCc1ccccc1)c1ccccc1)NC(=O)OCc1ccccc1. The summed E-state index contributed by atoms with van der Waals surface area (Å²) in [4.78, 5) is 39.0. The Bertz CT molecular complexity index is 1860. The fraction of sp³-hybridized carbons (Fsp3) is 0.256. The Kier molecular flexibility index (Phi) is 13.9. The lowest BCUT2D eigenvalue weighted by Gasteiger charge is -2.35. The summed E-state index contributed by atoms with van der Waals surface area (Å²) >= 11 is 0. The maximum Gasteiger partial charge on any atom is 0.416 e. The molecule has 0 radical (unpaired) electrons. The van der Waals surface area contributed by atoms with Crippen molar-refractivity contribution in [2.24, 2.45) is 0 Å². The van der Waals surface area contributed by atoms with E-state index in [0.717, 1.165) is 7.11 Å². The third-order valence-corrected chi connectivity index (χ3v) is 8.05. The van der Waals surface area contributed by atoms with Gasteiger partial charge in [0.2, 0.25) is 0 Å². The van der Waals surface area contributed by atoms with Gasteiger partial charge in [-0.1, -0.05) is 97.1 Å². The number of carbonyl (C=O) groups excluding carboxylic acids is 3. The molecule has 2 N–H and O–H groups in total. The second-order valence-corrected chi connectivity index (χ2v) is 11.9. The van der Waals surface area contributed by atoms with Crippen LogP contribution in [0.5, 0.6) is 0 Å². The third kappa shape index (κ3) is 11.8. The van der Waals surface area contributed by atoms with Gasteiger partial charge in [-0.05, 0) is 53.8 Å². The highest BCUT2D eigenvalue weighted by Gasteiger charge is 2.39. The molecule has 0 aromatic heterocycles. The molecule has 9 nitrogen and oxygen atoms in total. The van der Waals surface area contributed by atoms with Gasteiger partial charge in [0.05, 0.1) is 36.5 Å². The first-order valence-electron chi connectivity index (χ1n) is 16.3.